The Morgan fingerprint density at radius 1 is 0.977 bits per heavy atom. The zero-order chi connectivity index (χ0) is 31.2. The summed E-state index contributed by atoms with van der Waals surface area (Å²) in [6.07, 6.45) is -9.42. The molecule has 232 valence electrons. The summed E-state index contributed by atoms with van der Waals surface area (Å²) in [5, 5.41) is 57.8. The molecule has 4 aliphatic rings. The number of amides is 2. The van der Waals surface area contributed by atoms with Crippen LogP contribution in [-0.2, 0) is 19.9 Å². The van der Waals surface area contributed by atoms with E-state index in [1.165, 1.54) is 14.4 Å². The molecule has 3 aromatic rings. The number of benzene rings is 2. The van der Waals surface area contributed by atoms with E-state index >= 15 is 0 Å². The second-order valence-corrected chi connectivity index (χ2v) is 12.0. The highest BCUT2D eigenvalue weighted by Crippen LogP contribution is 2.53. The van der Waals surface area contributed by atoms with Crippen LogP contribution in [0.3, 0.4) is 0 Å². The SMILES string of the molecule is C[C@@H]1NC(=O)[C@H](C[C@]2(O)c3ccccc3N3C(=O)[C@H](C)N([C@@H]4O[C@H](CO)[C@@H](O)[C@H](O)[C@H]4O)[C@@H]32)n2c1nc1ccccc1c2=O. The zero-order valence-corrected chi connectivity index (χ0v) is 23.9. The van der Waals surface area contributed by atoms with Crippen molar-refractivity contribution >= 4 is 28.4 Å². The van der Waals surface area contributed by atoms with Gasteiger partial charge >= 0.3 is 0 Å². The van der Waals surface area contributed by atoms with E-state index < -0.39 is 84.5 Å². The van der Waals surface area contributed by atoms with Gasteiger partial charge in [-0.2, -0.15) is 0 Å². The molecule has 7 rings (SSSR count). The molecule has 1 aromatic heterocycles. The Bertz CT molecular complexity index is 1730. The summed E-state index contributed by atoms with van der Waals surface area (Å²) < 4.78 is 7.16. The third-order valence-corrected chi connectivity index (χ3v) is 9.49. The van der Waals surface area contributed by atoms with Crippen LogP contribution in [0.5, 0.6) is 0 Å². The fourth-order valence-corrected chi connectivity index (χ4v) is 7.34. The predicted molar refractivity (Wildman–Crippen MR) is 153 cm³/mol. The molecule has 0 spiro atoms. The van der Waals surface area contributed by atoms with Crippen LogP contribution >= 0.6 is 0 Å². The number of hydrogen-bond acceptors (Lipinski definition) is 11. The standard InChI is InChI=1S/C30H33N5O9/c1-13-24-32-17-9-5-3-7-15(17)27(42)34(24)19(25(40)31-13)11-30(43)16-8-4-6-10-18(16)35-26(41)14(2)33(29(30)35)28-23(39)22(38)21(37)20(12-36)44-28/h3-10,13-14,19-23,28-29,36-39,43H,11-12H2,1-2H3,(H,31,40)/t13-,14-,19-,20+,21+,22-,23+,28+,29-,30-/m0/s1. The van der Waals surface area contributed by atoms with Crippen LogP contribution in [0.2, 0.25) is 0 Å². The summed E-state index contributed by atoms with van der Waals surface area (Å²) in [5.74, 6) is -0.653. The van der Waals surface area contributed by atoms with E-state index in [0.29, 0.717) is 28.0 Å². The maximum absolute atomic E-state index is 13.9. The van der Waals surface area contributed by atoms with Gasteiger partial charge in [0.2, 0.25) is 11.8 Å². The maximum Gasteiger partial charge on any atom is 0.262 e. The second-order valence-electron chi connectivity index (χ2n) is 12.0. The Balaban J connectivity index is 1.38. The minimum atomic E-state index is -2.01. The first-order valence-electron chi connectivity index (χ1n) is 14.5. The number of carbonyl (C=O) groups is 2. The lowest BCUT2D eigenvalue weighted by atomic mass is 9.84. The van der Waals surface area contributed by atoms with Crippen LogP contribution in [0.15, 0.2) is 53.3 Å². The van der Waals surface area contributed by atoms with Gasteiger partial charge in [-0.1, -0.05) is 30.3 Å². The summed E-state index contributed by atoms with van der Waals surface area (Å²) in [5.41, 5.74) is -1.32. The molecule has 5 heterocycles. The lowest BCUT2D eigenvalue weighted by Crippen LogP contribution is -2.67. The van der Waals surface area contributed by atoms with Gasteiger partial charge in [0, 0.05) is 12.0 Å². The third-order valence-electron chi connectivity index (χ3n) is 9.49. The Hall–Kier alpha value is -3.76. The van der Waals surface area contributed by atoms with E-state index in [0.717, 1.165) is 0 Å². The minimum absolute atomic E-state index is 0.302. The predicted octanol–water partition coefficient (Wildman–Crippen LogP) is -1.42. The number of nitrogens with zero attached hydrogens (tertiary/aromatic N) is 4. The fraction of sp³-hybridized carbons (Fsp3) is 0.467. The average Bonchev–Trinajstić information content (AvgIpc) is 3.43. The monoisotopic (exact) mass is 607 g/mol. The lowest BCUT2D eigenvalue weighted by Gasteiger charge is -2.48. The van der Waals surface area contributed by atoms with Crippen molar-refractivity contribution in [1.29, 1.82) is 0 Å². The van der Waals surface area contributed by atoms with Crippen molar-refractivity contribution in [3.8, 4) is 0 Å². The first kappa shape index (κ1) is 29.0. The van der Waals surface area contributed by atoms with Crippen molar-refractivity contribution in [1.82, 2.24) is 19.8 Å². The molecule has 2 amide bonds. The molecule has 0 aliphatic carbocycles. The van der Waals surface area contributed by atoms with Crippen LogP contribution in [0.4, 0.5) is 5.69 Å². The molecule has 0 radical (unpaired) electrons. The number of fused-ring (bicyclic) bond motifs is 5. The van der Waals surface area contributed by atoms with E-state index in [-0.39, 0.29) is 6.42 Å². The smallest absolute Gasteiger partial charge is 0.262 e. The number of ether oxygens (including phenoxy) is 1. The number of rotatable bonds is 4. The van der Waals surface area contributed by atoms with Gasteiger partial charge < -0.3 is 35.6 Å². The highest BCUT2D eigenvalue weighted by molar-refractivity contribution is 6.02. The van der Waals surface area contributed by atoms with Crippen LogP contribution in [-0.4, -0.2) is 101 Å². The van der Waals surface area contributed by atoms with E-state index in [9.17, 15) is 39.9 Å². The zero-order valence-electron chi connectivity index (χ0n) is 23.9. The lowest BCUT2D eigenvalue weighted by molar-refractivity contribution is -0.277. The van der Waals surface area contributed by atoms with Gasteiger partial charge in [0.25, 0.3) is 5.56 Å². The van der Waals surface area contributed by atoms with Gasteiger partial charge in [0.05, 0.1) is 35.3 Å². The van der Waals surface area contributed by atoms with E-state index in [1.807, 2.05) is 0 Å². The number of anilines is 1. The summed E-state index contributed by atoms with van der Waals surface area (Å²) in [4.78, 5) is 48.8. The van der Waals surface area contributed by atoms with Gasteiger partial charge in [0.15, 0.2) is 0 Å². The van der Waals surface area contributed by atoms with Gasteiger partial charge in [-0.25, -0.2) is 9.88 Å². The van der Waals surface area contributed by atoms with Crippen molar-refractivity contribution in [3.63, 3.8) is 0 Å². The van der Waals surface area contributed by atoms with Crippen molar-refractivity contribution in [2.75, 3.05) is 11.5 Å². The van der Waals surface area contributed by atoms with Crippen LogP contribution in [0, 0.1) is 0 Å². The molecule has 0 bridgehead atoms. The quantitative estimate of drug-likeness (QED) is 0.204. The van der Waals surface area contributed by atoms with Gasteiger partial charge in [-0.05, 0) is 32.0 Å². The van der Waals surface area contributed by atoms with Crippen LogP contribution < -0.4 is 15.8 Å². The highest BCUT2D eigenvalue weighted by Gasteiger charge is 2.65. The number of carbonyl (C=O) groups excluding carboxylic acids is 2. The number of para-hydroxylation sites is 2. The number of aliphatic hydroxyl groups is 5. The molecule has 6 N–H and O–H groups in total. The fourth-order valence-electron chi connectivity index (χ4n) is 7.34. The molecule has 14 nitrogen and oxygen atoms in total. The Kier molecular flexibility index (Phi) is 6.68. The largest absolute Gasteiger partial charge is 0.394 e. The summed E-state index contributed by atoms with van der Waals surface area (Å²) in [6.45, 7) is 2.58. The molecule has 2 aromatic carbocycles. The van der Waals surface area contributed by atoms with Crippen molar-refractivity contribution in [2.24, 2.45) is 0 Å². The molecule has 2 saturated heterocycles. The van der Waals surface area contributed by atoms with Gasteiger partial charge in [0.1, 0.15) is 54.3 Å². The Morgan fingerprint density at radius 2 is 1.68 bits per heavy atom. The summed E-state index contributed by atoms with van der Waals surface area (Å²) in [7, 11) is 0. The average molecular weight is 608 g/mol. The second kappa shape index (κ2) is 10.1. The molecule has 10 atom stereocenters. The highest BCUT2D eigenvalue weighted by atomic mass is 16.6. The molecule has 2 fully saturated rings. The Morgan fingerprint density at radius 3 is 2.43 bits per heavy atom. The van der Waals surface area contributed by atoms with Crippen molar-refractivity contribution < 1.29 is 39.9 Å². The number of nitrogens with one attached hydrogen (secondary N) is 1. The first-order valence-corrected chi connectivity index (χ1v) is 14.5. The van der Waals surface area contributed by atoms with Gasteiger partial charge in [-0.15, -0.1) is 0 Å². The summed E-state index contributed by atoms with van der Waals surface area (Å²) >= 11 is 0. The number of aromatic nitrogens is 2. The number of aliphatic hydroxyl groups excluding tert-OH is 4. The molecule has 0 unspecified atom stereocenters. The van der Waals surface area contributed by atoms with Gasteiger partial charge in [-0.3, -0.25) is 23.9 Å². The topological polar surface area (TPSA) is 198 Å². The molecule has 0 saturated carbocycles. The molecular weight excluding hydrogens is 574 g/mol. The summed E-state index contributed by atoms with van der Waals surface area (Å²) in [6, 6.07) is 10.6. The molecule has 4 aliphatic heterocycles. The third kappa shape index (κ3) is 3.86. The molecule has 14 heteroatoms. The van der Waals surface area contributed by atoms with E-state index in [1.54, 1.807) is 62.4 Å². The van der Waals surface area contributed by atoms with Crippen molar-refractivity contribution in [2.45, 2.75) is 80.8 Å². The first-order chi connectivity index (χ1) is 21.0. The van der Waals surface area contributed by atoms with E-state index in [2.05, 4.69) is 10.3 Å². The van der Waals surface area contributed by atoms with Crippen molar-refractivity contribution in [3.05, 3.63) is 70.3 Å². The molecule has 44 heavy (non-hydrogen) atoms. The maximum atomic E-state index is 13.9. The molecular formula is C30H33N5O9. The van der Waals surface area contributed by atoms with Crippen LogP contribution in [0.1, 0.15) is 43.7 Å². The number of hydrogen-bond donors (Lipinski definition) is 6. The van der Waals surface area contributed by atoms with Crippen LogP contribution in [0.25, 0.3) is 10.9 Å². The minimum Gasteiger partial charge on any atom is -0.394 e. The Labute approximate surface area is 250 Å². The van der Waals surface area contributed by atoms with E-state index in [4.69, 9.17) is 4.74 Å². The normalized spacial score (nSPS) is 36.7.